The van der Waals surface area contributed by atoms with Gasteiger partial charge in [-0.3, -0.25) is 14.4 Å². The van der Waals surface area contributed by atoms with E-state index in [1.165, 1.54) is 7.11 Å². The molecule has 1 saturated heterocycles. The Morgan fingerprint density at radius 1 is 1.08 bits per heavy atom. The van der Waals surface area contributed by atoms with Crippen LogP contribution in [0.3, 0.4) is 0 Å². The molecule has 3 N–H and O–H groups in total. The Hall–Kier alpha value is -4.47. The highest BCUT2D eigenvalue weighted by molar-refractivity contribution is 5.98. The third kappa shape index (κ3) is 6.34. The van der Waals surface area contributed by atoms with Gasteiger partial charge in [0.1, 0.15) is 11.9 Å². The predicted molar refractivity (Wildman–Crippen MR) is 146 cm³/mol. The molecule has 10 heteroatoms. The lowest BCUT2D eigenvalue weighted by Crippen LogP contribution is -2.51. The maximum atomic E-state index is 13.4. The number of rotatable bonds is 10. The molecule has 2 atom stereocenters. The second kappa shape index (κ2) is 12.4. The average molecular weight is 532 g/mol. The minimum atomic E-state index is -0.680. The first-order chi connectivity index (χ1) is 18.8. The predicted octanol–water partition coefficient (Wildman–Crippen LogP) is 3.72. The van der Waals surface area contributed by atoms with Gasteiger partial charge >= 0.3 is 6.09 Å². The molecule has 1 fully saturated rings. The second-order valence-electron chi connectivity index (χ2n) is 9.81. The van der Waals surface area contributed by atoms with E-state index in [0.29, 0.717) is 24.3 Å². The fourth-order valence-electron chi connectivity index (χ4n) is 4.77. The number of nitrogens with zero attached hydrogens (tertiary/aromatic N) is 2. The smallest absolute Gasteiger partial charge is 0.407 e. The number of aromatic amines is 1. The van der Waals surface area contributed by atoms with Crippen molar-refractivity contribution >= 4 is 24.2 Å². The summed E-state index contributed by atoms with van der Waals surface area (Å²) < 4.78 is 4.71. The Morgan fingerprint density at radius 2 is 1.72 bits per heavy atom. The van der Waals surface area contributed by atoms with Crippen molar-refractivity contribution in [2.75, 3.05) is 20.2 Å². The van der Waals surface area contributed by atoms with Gasteiger partial charge in [0.05, 0.1) is 31.6 Å². The Morgan fingerprint density at radius 3 is 2.33 bits per heavy atom. The lowest BCUT2D eigenvalue weighted by molar-refractivity contribution is -0.135. The number of carbonyl (C=O) groups is 4. The van der Waals surface area contributed by atoms with Crippen LogP contribution in [0.15, 0.2) is 54.7 Å². The number of imidazole rings is 1. The lowest BCUT2D eigenvalue weighted by atomic mass is 10.0. The zero-order valence-electron chi connectivity index (χ0n) is 22.3. The summed E-state index contributed by atoms with van der Waals surface area (Å²) in [4.78, 5) is 57.4. The van der Waals surface area contributed by atoms with Gasteiger partial charge in [-0.05, 0) is 35.4 Å². The molecule has 3 amide bonds. The van der Waals surface area contributed by atoms with Gasteiger partial charge in [-0.1, -0.05) is 62.4 Å². The number of nitrogens with one attached hydrogen (secondary N) is 3. The molecule has 0 bridgehead atoms. The van der Waals surface area contributed by atoms with Crippen LogP contribution in [0.4, 0.5) is 4.79 Å². The summed E-state index contributed by atoms with van der Waals surface area (Å²) >= 11 is 0. The Bertz CT molecular complexity index is 1320. The third-order valence-electron chi connectivity index (χ3n) is 6.92. The van der Waals surface area contributed by atoms with E-state index in [1.54, 1.807) is 23.2 Å². The molecule has 0 aliphatic carbocycles. The van der Waals surface area contributed by atoms with Gasteiger partial charge in [-0.2, -0.15) is 0 Å². The summed E-state index contributed by atoms with van der Waals surface area (Å²) in [5.41, 5.74) is 4.29. The molecule has 3 aromatic rings. The molecule has 0 spiro atoms. The van der Waals surface area contributed by atoms with Crippen LogP contribution >= 0.6 is 0 Å². The zero-order valence-corrected chi connectivity index (χ0v) is 22.3. The van der Waals surface area contributed by atoms with Crippen molar-refractivity contribution < 1.29 is 23.9 Å². The molecule has 1 aromatic heterocycles. The molecule has 10 nitrogen and oxygen atoms in total. The standard InChI is InChI=1S/C29H33N5O5/c1-18(2)26(33-29(38)39-3)28(37)34-14-4-5-24(34)27-31-15-23(32-27)21-10-6-19(7-11-21)20-8-12-22(13-9-20)25(36)16-30-17-35/h6-13,15,17-18,24,26H,4-5,14,16H2,1-3H3,(H,30,35)(H,31,32)(H,33,38). The van der Waals surface area contributed by atoms with Crippen LogP contribution in [0.2, 0.25) is 0 Å². The first-order valence-corrected chi connectivity index (χ1v) is 12.9. The van der Waals surface area contributed by atoms with Gasteiger partial charge in [0.2, 0.25) is 12.3 Å². The number of aromatic nitrogens is 2. The quantitative estimate of drug-likeness (QED) is 0.270. The monoisotopic (exact) mass is 531 g/mol. The van der Waals surface area contributed by atoms with Crippen LogP contribution in [0, 0.1) is 5.92 Å². The highest BCUT2D eigenvalue weighted by Gasteiger charge is 2.37. The molecule has 1 aliphatic heterocycles. The molecule has 1 aliphatic rings. The van der Waals surface area contributed by atoms with E-state index < -0.39 is 12.1 Å². The molecule has 4 rings (SSSR count). The van der Waals surface area contributed by atoms with Gasteiger partial charge in [0.15, 0.2) is 5.78 Å². The minimum Gasteiger partial charge on any atom is -0.453 e. The number of hydrogen-bond donors (Lipinski definition) is 3. The van der Waals surface area contributed by atoms with Crippen molar-refractivity contribution in [2.24, 2.45) is 5.92 Å². The third-order valence-corrected chi connectivity index (χ3v) is 6.92. The van der Waals surface area contributed by atoms with Gasteiger partial charge < -0.3 is 25.3 Å². The van der Waals surface area contributed by atoms with E-state index in [2.05, 4.69) is 20.6 Å². The van der Waals surface area contributed by atoms with Gasteiger partial charge in [0.25, 0.3) is 0 Å². The average Bonchev–Trinajstić information content (AvgIpc) is 3.64. The molecular formula is C29H33N5O5. The normalized spacial score (nSPS) is 15.6. The number of carbonyl (C=O) groups excluding carboxylic acids is 4. The maximum absolute atomic E-state index is 13.4. The summed E-state index contributed by atoms with van der Waals surface area (Å²) in [5.74, 6) is 0.318. The number of amides is 3. The van der Waals surface area contributed by atoms with E-state index in [1.807, 2.05) is 50.2 Å². The van der Waals surface area contributed by atoms with Gasteiger partial charge in [0, 0.05) is 12.1 Å². The summed E-state index contributed by atoms with van der Waals surface area (Å²) in [6, 6.07) is 14.4. The first kappa shape index (κ1) is 27.6. The minimum absolute atomic E-state index is 0.0286. The number of ketones is 1. The van der Waals surface area contributed by atoms with E-state index in [0.717, 1.165) is 35.2 Å². The number of alkyl carbamates (subject to hydrolysis) is 1. The number of benzene rings is 2. The SMILES string of the molecule is COC(=O)NC(C(=O)N1CCCC1c1ncc(-c2ccc(-c3ccc(C(=O)CNC=O)cc3)cc2)[nH]1)C(C)C. The number of H-pyrrole nitrogens is 1. The topological polar surface area (TPSA) is 133 Å². The molecule has 2 heterocycles. The highest BCUT2D eigenvalue weighted by Crippen LogP contribution is 2.33. The molecule has 0 saturated carbocycles. The molecular weight excluding hydrogens is 498 g/mol. The van der Waals surface area contributed by atoms with E-state index >= 15 is 0 Å². The van der Waals surface area contributed by atoms with Crippen LogP contribution in [0.1, 0.15) is 48.9 Å². The summed E-state index contributed by atoms with van der Waals surface area (Å²) in [6.45, 7) is 4.34. The maximum Gasteiger partial charge on any atom is 0.407 e. The van der Waals surface area contributed by atoms with Crippen LogP contribution in [-0.2, 0) is 14.3 Å². The molecule has 39 heavy (non-hydrogen) atoms. The first-order valence-electron chi connectivity index (χ1n) is 12.9. The fraction of sp³-hybridized carbons (Fsp3) is 0.345. The van der Waals surface area contributed by atoms with Crippen LogP contribution in [0.5, 0.6) is 0 Å². The van der Waals surface area contributed by atoms with Crippen molar-refractivity contribution in [3.63, 3.8) is 0 Å². The summed E-state index contributed by atoms with van der Waals surface area (Å²) in [7, 11) is 1.28. The zero-order chi connectivity index (χ0) is 27.9. The summed E-state index contributed by atoms with van der Waals surface area (Å²) in [6.07, 6.45) is 3.28. The number of methoxy groups -OCH3 is 1. The molecule has 2 unspecified atom stereocenters. The largest absolute Gasteiger partial charge is 0.453 e. The van der Waals surface area contributed by atoms with Crippen LogP contribution in [0.25, 0.3) is 22.4 Å². The van der Waals surface area contributed by atoms with Crippen molar-refractivity contribution in [2.45, 2.75) is 38.8 Å². The molecule has 204 valence electrons. The Kier molecular flexibility index (Phi) is 8.75. The van der Waals surface area contributed by atoms with Crippen molar-refractivity contribution in [1.29, 1.82) is 0 Å². The van der Waals surface area contributed by atoms with Crippen molar-refractivity contribution in [1.82, 2.24) is 25.5 Å². The number of likely N-dealkylation sites (tertiary alicyclic amines) is 1. The van der Waals surface area contributed by atoms with Gasteiger partial charge in [-0.25, -0.2) is 9.78 Å². The van der Waals surface area contributed by atoms with Crippen molar-refractivity contribution in [3.8, 4) is 22.4 Å². The number of ether oxygens (including phenoxy) is 1. The molecule has 2 aromatic carbocycles. The number of hydrogen-bond acceptors (Lipinski definition) is 6. The van der Waals surface area contributed by atoms with E-state index in [4.69, 9.17) is 4.74 Å². The number of Topliss-reactive ketones (excluding diaryl/α,β-unsaturated/α-hetero) is 1. The van der Waals surface area contributed by atoms with E-state index in [-0.39, 0.29) is 30.2 Å². The fourth-order valence-corrected chi connectivity index (χ4v) is 4.77. The Balaban J connectivity index is 1.46. The molecule has 0 radical (unpaired) electrons. The highest BCUT2D eigenvalue weighted by atomic mass is 16.5. The van der Waals surface area contributed by atoms with Gasteiger partial charge in [-0.15, -0.1) is 0 Å². The van der Waals surface area contributed by atoms with Crippen LogP contribution < -0.4 is 10.6 Å². The second-order valence-corrected chi connectivity index (χ2v) is 9.81. The Labute approximate surface area is 227 Å². The lowest BCUT2D eigenvalue weighted by Gasteiger charge is -2.30. The van der Waals surface area contributed by atoms with Crippen molar-refractivity contribution in [3.05, 3.63) is 66.1 Å². The summed E-state index contributed by atoms with van der Waals surface area (Å²) in [5, 5.41) is 5.05. The van der Waals surface area contributed by atoms with E-state index in [9.17, 15) is 19.2 Å². The van der Waals surface area contributed by atoms with Crippen LogP contribution in [-0.4, -0.2) is 65.3 Å².